The molecule has 0 bridgehead atoms. The Morgan fingerprint density at radius 2 is 1.74 bits per heavy atom. The second-order valence-corrected chi connectivity index (χ2v) is 4.81. The zero-order valence-corrected chi connectivity index (χ0v) is 10.7. The van der Waals surface area contributed by atoms with Crippen LogP contribution in [0.4, 0.5) is 13.2 Å². The van der Waals surface area contributed by atoms with Gasteiger partial charge in [0.05, 0.1) is 12.7 Å². The number of benzene rings is 1. The molecule has 0 atom stereocenters. The van der Waals surface area contributed by atoms with Gasteiger partial charge < -0.3 is 10.1 Å². The van der Waals surface area contributed by atoms with E-state index >= 15 is 0 Å². The molecule has 0 saturated heterocycles. The highest BCUT2D eigenvalue weighted by molar-refractivity contribution is 5.19. The van der Waals surface area contributed by atoms with Gasteiger partial charge in [0, 0.05) is 24.7 Å². The van der Waals surface area contributed by atoms with Gasteiger partial charge in [0.15, 0.2) is 11.6 Å². The van der Waals surface area contributed by atoms with Gasteiger partial charge in [0.25, 0.3) is 0 Å². The lowest BCUT2D eigenvalue weighted by molar-refractivity contribution is 0.0602. The van der Waals surface area contributed by atoms with Crippen molar-refractivity contribution >= 4 is 0 Å². The molecule has 0 amide bonds. The molecule has 0 aromatic heterocycles. The normalized spacial score (nSPS) is 16.2. The predicted molar refractivity (Wildman–Crippen MR) is 66.2 cm³/mol. The average molecular weight is 273 g/mol. The van der Waals surface area contributed by atoms with Gasteiger partial charge in [-0.25, -0.2) is 13.2 Å². The second-order valence-electron chi connectivity index (χ2n) is 4.81. The molecular weight excluding hydrogens is 255 g/mol. The maximum atomic E-state index is 13.3. The second kappa shape index (κ2) is 6.91. The summed E-state index contributed by atoms with van der Waals surface area (Å²) in [5, 5.41) is 2.96. The number of hydrogen-bond acceptors (Lipinski definition) is 2. The molecule has 1 aromatic rings. The highest BCUT2D eigenvalue weighted by atomic mass is 19.2. The molecule has 19 heavy (non-hydrogen) atoms. The van der Waals surface area contributed by atoms with Gasteiger partial charge in [-0.15, -0.1) is 0 Å². The summed E-state index contributed by atoms with van der Waals surface area (Å²) in [6.45, 7) is 1.28. The van der Waals surface area contributed by atoms with E-state index in [1.165, 1.54) is 12.8 Å². The Labute approximate surface area is 111 Å². The van der Waals surface area contributed by atoms with Crippen LogP contribution in [0.15, 0.2) is 12.1 Å². The van der Waals surface area contributed by atoms with Gasteiger partial charge in [0.2, 0.25) is 0 Å². The van der Waals surface area contributed by atoms with Gasteiger partial charge in [-0.05, 0) is 18.9 Å². The number of halogens is 3. The lowest BCUT2D eigenvalue weighted by Crippen LogP contribution is -2.22. The largest absolute Gasteiger partial charge is 0.377 e. The molecular formula is C14H18F3NO. The van der Waals surface area contributed by atoms with E-state index in [1.807, 2.05) is 0 Å². The minimum absolute atomic E-state index is 0.125. The van der Waals surface area contributed by atoms with Crippen LogP contribution >= 0.6 is 0 Å². The van der Waals surface area contributed by atoms with Crippen molar-refractivity contribution in [2.45, 2.75) is 38.3 Å². The SMILES string of the molecule is Fc1cc(F)c(CNCCOC2CCCC2)cc1F. The highest BCUT2D eigenvalue weighted by Crippen LogP contribution is 2.20. The van der Waals surface area contributed by atoms with E-state index in [-0.39, 0.29) is 12.1 Å². The van der Waals surface area contributed by atoms with Crippen molar-refractivity contribution < 1.29 is 17.9 Å². The van der Waals surface area contributed by atoms with Gasteiger partial charge in [-0.3, -0.25) is 0 Å². The summed E-state index contributed by atoms with van der Waals surface area (Å²) in [6, 6.07) is 1.46. The molecule has 1 N–H and O–H groups in total. The Balaban J connectivity index is 1.69. The molecule has 0 aliphatic heterocycles. The first-order valence-electron chi connectivity index (χ1n) is 6.62. The van der Waals surface area contributed by atoms with E-state index in [9.17, 15) is 13.2 Å². The van der Waals surface area contributed by atoms with Crippen molar-refractivity contribution in [3.05, 3.63) is 35.1 Å². The van der Waals surface area contributed by atoms with Crippen molar-refractivity contribution in [2.75, 3.05) is 13.2 Å². The summed E-state index contributed by atoms with van der Waals surface area (Å²) >= 11 is 0. The van der Waals surface area contributed by atoms with Crippen LogP contribution in [0.25, 0.3) is 0 Å². The first-order chi connectivity index (χ1) is 9.16. The molecule has 1 aliphatic carbocycles. The fraction of sp³-hybridized carbons (Fsp3) is 0.571. The maximum absolute atomic E-state index is 13.3. The van der Waals surface area contributed by atoms with E-state index in [0.29, 0.717) is 25.3 Å². The molecule has 0 spiro atoms. The summed E-state index contributed by atoms with van der Waals surface area (Å²) in [5.41, 5.74) is 0.125. The van der Waals surface area contributed by atoms with Crippen LogP contribution in [0, 0.1) is 17.5 Å². The van der Waals surface area contributed by atoms with Crippen LogP contribution < -0.4 is 5.32 Å². The Morgan fingerprint density at radius 3 is 2.47 bits per heavy atom. The zero-order chi connectivity index (χ0) is 13.7. The fourth-order valence-corrected chi connectivity index (χ4v) is 2.28. The molecule has 1 aromatic carbocycles. The summed E-state index contributed by atoms with van der Waals surface area (Å²) in [7, 11) is 0. The van der Waals surface area contributed by atoms with Gasteiger partial charge in [-0.2, -0.15) is 0 Å². The lowest BCUT2D eigenvalue weighted by atomic mass is 10.2. The molecule has 0 unspecified atom stereocenters. The van der Waals surface area contributed by atoms with E-state index < -0.39 is 17.5 Å². The zero-order valence-electron chi connectivity index (χ0n) is 10.7. The van der Waals surface area contributed by atoms with Crippen LogP contribution in [0.1, 0.15) is 31.2 Å². The van der Waals surface area contributed by atoms with Gasteiger partial charge in [-0.1, -0.05) is 12.8 Å². The van der Waals surface area contributed by atoms with Crippen molar-refractivity contribution in [3.8, 4) is 0 Å². The molecule has 5 heteroatoms. The number of nitrogens with one attached hydrogen (secondary N) is 1. The third kappa shape index (κ3) is 4.21. The molecule has 106 valence electrons. The Kier molecular flexibility index (Phi) is 5.22. The molecule has 1 saturated carbocycles. The first-order valence-corrected chi connectivity index (χ1v) is 6.62. The van der Waals surface area contributed by atoms with Gasteiger partial charge >= 0.3 is 0 Å². The standard InChI is InChI=1S/C14H18F3NO/c15-12-8-14(17)13(16)7-10(12)9-18-5-6-19-11-3-1-2-4-11/h7-8,11,18H,1-6,9H2. The lowest BCUT2D eigenvalue weighted by Gasteiger charge is -2.11. The van der Waals surface area contributed by atoms with Crippen LogP contribution in [0.5, 0.6) is 0 Å². The number of ether oxygens (including phenoxy) is 1. The van der Waals surface area contributed by atoms with E-state index in [2.05, 4.69) is 5.32 Å². The Morgan fingerprint density at radius 1 is 1.05 bits per heavy atom. The minimum Gasteiger partial charge on any atom is -0.377 e. The molecule has 0 radical (unpaired) electrons. The van der Waals surface area contributed by atoms with Crippen molar-refractivity contribution in [1.82, 2.24) is 5.32 Å². The van der Waals surface area contributed by atoms with Crippen LogP contribution in [-0.2, 0) is 11.3 Å². The predicted octanol–water partition coefficient (Wildman–Crippen LogP) is 3.15. The van der Waals surface area contributed by atoms with E-state index in [4.69, 9.17) is 4.74 Å². The Bertz CT molecular complexity index is 419. The minimum atomic E-state index is -1.16. The van der Waals surface area contributed by atoms with Crippen LogP contribution in [0.3, 0.4) is 0 Å². The fourth-order valence-electron chi connectivity index (χ4n) is 2.28. The smallest absolute Gasteiger partial charge is 0.161 e. The molecule has 2 nitrogen and oxygen atoms in total. The first kappa shape index (κ1) is 14.3. The maximum Gasteiger partial charge on any atom is 0.161 e. The summed E-state index contributed by atoms with van der Waals surface area (Å²) in [6.07, 6.45) is 5.01. The van der Waals surface area contributed by atoms with Crippen molar-refractivity contribution in [3.63, 3.8) is 0 Å². The van der Waals surface area contributed by atoms with E-state index in [1.54, 1.807) is 0 Å². The summed E-state index contributed by atoms with van der Waals surface area (Å²) in [5.74, 6) is -2.92. The molecule has 1 fully saturated rings. The summed E-state index contributed by atoms with van der Waals surface area (Å²) in [4.78, 5) is 0. The Hall–Kier alpha value is -1.07. The van der Waals surface area contributed by atoms with Crippen molar-refractivity contribution in [2.24, 2.45) is 0 Å². The molecule has 2 rings (SSSR count). The molecule has 0 heterocycles. The topological polar surface area (TPSA) is 21.3 Å². The average Bonchev–Trinajstić information content (AvgIpc) is 2.88. The van der Waals surface area contributed by atoms with E-state index in [0.717, 1.165) is 18.9 Å². The third-order valence-corrected chi connectivity index (χ3v) is 3.34. The third-order valence-electron chi connectivity index (χ3n) is 3.34. The number of rotatable bonds is 6. The summed E-state index contributed by atoms with van der Waals surface area (Å²) < 4.78 is 44.6. The monoisotopic (exact) mass is 273 g/mol. The van der Waals surface area contributed by atoms with Crippen molar-refractivity contribution in [1.29, 1.82) is 0 Å². The highest BCUT2D eigenvalue weighted by Gasteiger charge is 2.14. The quantitative estimate of drug-likeness (QED) is 0.635. The number of hydrogen-bond donors (Lipinski definition) is 1. The molecule has 1 aliphatic rings. The van der Waals surface area contributed by atoms with Crippen LogP contribution in [-0.4, -0.2) is 19.3 Å². The van der Waals surface area contributed by atoms with Gasteiger partial charge in [0.1, 0.15) is 5.82 Å². The van der Waals surface area contributed by atoms with Crippen LogP contribution in [0.2, 0.25) is 0 Å².